The zero-order valence-electron chi connectivity index (χ0n) is 13.0. The molecular formula is C21H19ClO. The number of benzene rings is 3. The fourth-order valence-corrected chi connectivity index (χ4v) is 3.51. The molecule has 23 heavy (non-hydrogen) atoms. The molecule has 2 heteroatoms. The summed E-state index contributed by atoms with van der Waals surface area (Å²) in [4.78, 5) is 0. The highest BCUT2D eigenvalue weighted by Gasteiger charge is 2.42. The first-order valence-corrected chi connectivity index (χ1v) is 8.08. The summed E-state index contributed by atoms with van der Waals surface area (Å²) in [5, 5.41) is -0.349. The van der Waals surface area contributed by atoms with E-state index in [1.54, 1.807) is 7.11 Å². The van der Waals surface area contributed by atoms with Crippen molar-refractivity contribution in [1.82, 2.24) is 0 Å². The first-order valence-electron chi connectivity index (χ1n) is 7.64. The molecule has 0 heterocycles. The molecule has 0 aliphatic rings. The highest BCUT2D eigenvalue weighted by molar-refractivity contribution is 6.22. The van der Waals surface area contributed by atoms with Crippen LogP contribution < -0.4 is 0 Å². The van der Waals surface area contributed by atoms with Gasteiger partial charge in [0, 0.05) is 7.11 Å². The second kappa shape index (κ2) is 6.99. The van der Waals surface area contributed by atoms with E-state index >= 15 is 0 Å². The molecule has 3 aromatic carbocycles. The Labute approximate surface area is 142 Å². The second-order valence-corrected chi connectivity index (χ2v) is 5.88. The normalized spacial score (nSPS) is 12.8. The van der Waals surface area contributed by atoms with E-state index in [9.17, 15) is 0 Å². The Bertz CT molecular complexity index is 686. The van der Waals surface area contributed by atoms with Gasteiger partial charge in [0.15, 0.2) is 0 Å². The van der Waals surface area contributed by atoms with E-state index in [0.717, 1.165) is 16.7 Å². The molecule has 1 atom stereocenters. The van der Waals surface area contributed by atoms with E-state index in [4.69, 9.17) is 16.3 Å². The number of ether oxygens (including phenoxy) is 1. The maximum absolute atomic E-state index is 6.97. The molecule has 0 N–H and O–H groups in total. The zero-order valence-corrected chi connectivity index (χ0v) is 13.8. The summed E-state index contributed by atoms with van der Waals surface area (Å²) in [5.74, 6) is 0. The lowest BCUT2D eigenvalue weighted by atomic mass is 9.80. The van der Waals surface area contributed by atoms with E-state index in [-0.39, 0.29) is 5.38 Å². The van der Waals surface area contributed by atoms with Gasteiger partial charge >= 0.3 is 0 Å². The molecule has 1 nitrogen and oxygen atoms in total. The van der Waals surface area contributed by atoms with Gasteiger partial charge in [-0.2, -0.15) is 0 Å². The zero-order chi connectivity index (χ0) is 16.1. The largest absolute Gasteiger partial charge is 0.367 e. The van der Waals surface area contributed by atoms with Crippen molar-refractivity contribution in [2.75, 3.05) is 7.11 Å². The van der Waals surface area contributed by atoms with Crippen LogP contribution >= 0.6 is 11.6 Å². The lowest BCUT2D eigenvalue weighted by Gasteiger charge is -2.38. The standard InChI is InChI=1S/C21H19ClO/c1-23-21(18-13-7-3-8-14-18,19-15-9-4-10-16-19)20(22)17-11-5-2-6-12-17/h2-16,20H,1H3. The van der Waals surface area contributed by atoms with Crippen LogP contribution in [0.1, 0.15) is 22.1 Å². The molecule has 116 valence electrons. The van der Waals surface area contributed by atoms with Crippen molar-refractivity contribution in [3.05, 3.63) is 108 Å². The molecular weight excluding hydrogens is 304 g/mol. The van der Waals surface area contributed by atoms with E-state index in [1.807, 2.05) is 66.7 Å². The predicted molar refractivity (Wildman–Crippen MR) is 95.7 cm³/mol. The first-order chi connectivity index (χ1) is 11.3. The van der Waals surface area contributed by atoms with Crippen LogP contribution in [0.4, 0.5) is 0 Å². The van der Waals surface area contributed by atoms with Gasteiger partial charge in [-0.15, -0.1) is 11.6 Å². The van der Waals surface area contributed by atoms with E-state index in [1.165, 1.54) is 0 Å². The van der Waals surface area contributed by atoms with Gasteiger partial charge in [-0.05, 0) is 16.7 Å². The van der Waals surface area contributed by atoms with Gasteiger partial charge in [0.1, 0.15) is 5.60 Å². The highest BCUT2D eigenvalue weighted by atomic mass is 35.5. The Morgan fingerprint density at radius 1 is 0.696 bits per heavy atom. The second-order valence-electron chi connectivity index (χ2n) is 5.45. The lowest BCUT2D eigenvalue weighted by molar-refractivity contribution is 0.0176. The fourth-order valence-electron chi connectivity index (χ4n) is 3.03. The molecule has 0 saturated heterocycles. The van der Waals surface area contributed by atoms with Crippen LogP contribution in [0.15, 0.2) is 91.0 Å². The van der Waals surface area contributed by atoms with Crippen molar-refractivity contribution in [3.63, 3.8) is 0 Å². The molecule has 1 unspecified atom stereocenters. The SMILES string of the molecule is COC(c1ccccc1)(c1ccccc1)C(Cl)c1ccccc1. The predicted octanol–water partition coefficient (Wildman–Crippen LogP) is 5.56. The van der Waals surface area contributed by atoms with Crippen molar-refractivity contribution in [2.45, 2.75) is 11.0 Å². The number of rotatable bonds is 5. The molecule has 0 fully saturated rings. The Morgan fingerprint density at radius 3 is 1.48 bits per heavy atom. The summed E-state index contributed by atoms with van der Waals surface area (Å²) in [5.41, 5.74) is 2.37. The number of hydrogen-bond acceptors (Lipinski definition) is 1. The van der Waals surface area contributed by atoms with Crippen molar-refractivity contribution in [1.29, 1.82) is 0 Å². The summed E-state index contributed by atoms with van der Waals surface area (Å²) in [7, 11) is 1.72. The Hall–Kier alpha value is -2.09. The molecule has 3 rings (SSSR count). The lowest BCUT2D eigenvalue weighted by Crippen LogP contribution is -2.34. The van der Waals surface area contributed by atoms with E-state index < -0.39 is 5.60 Å². The molecule has 0 bridgehead atoms. The number of methoxy groups -OCH3 is 1. The van der Waals surface area contributed by atoms with Crippen LogP contribution in [0, 0.1) is 0 Å². The summed E-state index contributed by atoms with van der Waals surface area (Å²) < 4.78 is 6.09. The van der Waals surface area contributed by atoms with Crippen molar-refractivity contribution in [3.8, 4) is 0 Å². The monoisotopic (exact) mass is 322 g/mol. The van der Waals surface area contributed by atoms with Crippen LogP contribution in [0.2, 0.25) is 0 Å². The third-order valence-electron chi connectivity index (χ3n) is 4.18. The van der Waals surface area contributed by atoms with Gasteiger partial charge in [-0.1, -0.05) is 91.0 Å². The molecule has 0 saturated carbocycles. The van der Waals surface area contributed by atoms with Gasteiger partial charge in [-0.25, -0.2) is 0 Å². The summed E-state index contributed by atoms with van der Waals surface area (Å²) in [6.07, 6.45) is 0. The van der Waals surface area contributed by atoms with Crippen LogP contribution in [0.5, 0.6) is 0 Å². The van der Waals surface area contributed by atoms with E-state index in [2.05, 4.69) is 24.3 Å². The maximum Gasteiger partial charge on any atom is 0.138 e. The first kappa shape index (κ1) is 15.8. The molecule has 0 aliphatic heterocycles. The minimum atomic E-state index is -0.745. The Balaban J connectivity index is 2.21. The van der Waals surface area contributed by atoms with E-state index in [0.29, 0.717) is 0 Å². The Morgan fingerprint density at radius 2 is 1.09 bits per heavy atom. The maximum atomic E-state index is 6.97. The Kier molecular flexibility index (Phi) is 4.80. The third kappa shape index (κ3) is 2.90. The minimum Gasteiger partial charge on any atom is -0.367 e. The number of halogens is 1. The van der Waals surface area contributed by atoms with Crippen LogP contribution in [0.25, 0.3) is 0 Å². The van der Waals surface area contributed by atoms with Crippen molar-refractivity contribution in [2.24, 2.45) is 0 Å². The van der Waals surface area contributed by atoms with Gasteiger partial charge in [0.2, 0.25) is 0 Å². The average Bonchev–Trinajstić information content (AvgIpc) is 2.65. The topological polar surface area (TPSA) is 9.23 Å². The molecule has 0 spiro atoms. The van der Waals surface area contributed by atoms with Gasteiger partial charge in [0.05, 0.1) is 5.38 Å². The molecule has 0 radical (unpaired) electrons. The molecule has 0 aliphatic carbocycles. The third-order valence-corrected chi connectivity index (χ3v) is 4.74. The number of alkyl halides is 1. The van der Waals surface area contributed by atoms with Gasteiger partial charge in [0.25, 0.3) is 0 Å². The van der Waals surface area contributed by atoms with Crippen LogP contribution in [-0.4, -0.2) is 7.11 Å². The fraction of sp³-hybridized carbons (Fsp3) is 0.143. The average molecular weight is 323 g/mol. The van der Waals surface area contributed by atoms with Crippen LogP contribution in [-0.2, 0) is 10.3 Å². The summed E-state index contributed by atoms with van der Waals surface area (Å²) in [6.45, 7) is 0. The quantitative estimate of drug-likeness (QED) is 0.559. The highest BCUT2D eigenvalue weighted by Crippen LogP contribution is 2.47. The molecule has 0 amide bonds. The summed E-state index contributed by atoms with van der Waals surface area (Å²) >= 11 is 6.97. The number of hydrogen-bond donors (Lipinski definition) is 0. The summed E-state index contributed by atoms with van der Waals surface area (Å²) in [6, 6.07) is 30.4. The minimum absolute atomic E-state index is 0.349. The van der Waals surface area contributed by atoms with Crippen molar-refractivity contribution < 1.29 is 4.74 Å². The smallest absolute Gasteiger partial charge is 0.138 e. The van der Waals surface area contributed by atoms with Gasteiger partial charge < -0.3 is 4.74 Å². The van der Waals surface area contributed by atoms with Gasteiger partial charge in [-0.3, -0.25) is 0 Å². The van der Waals surface area contributed by atoms with Crippen LogP contribution in [0.3, 0.4) is 0 Å². The van der Waals surface area contributed by atoms with Crippen molar-refractivity contribution >= 4 is 11.6 Å². The molecule has 0 aromatic heterocycles. The molecule has 3 aromatic rings.